The van der Waals surface area contributed by atoms with Gasteiger partial charge in [-0.3, -0.25) is 14.2 Å². The molecule has 1 atom stereocenters. The number of allylic oxidation sites excluding steroid dienone is 1. The van der Waals surface area contributed by atoms with Crippen molar-refractivity contribution in [3.8, 4) is 0 Å². The van der Waals surface area contributed by atoms with E-state index in [1.165, 1.54) is 11.8 Å². The van der Waals surface area contributed by atoms with Crippen molar-refractivity contribution in [2.24, 2.45) is 0 Å². The highest BCUT2D eigenvalue weighted by Gasteiger charge is 2.17. The molecule has 1 N–H and O–H groups in total. The van der Waals surface area contributed by atoms with E-state index < -0.39 is 0 Å². The zero-order valence-corrected chi connectivity index (χ0v) is 19.0. The van der Waals surface area contributed by atoms with Crippen LogP contribution in [0.5, 0.6) is 0 Å². The predicted molar refractivity (Wildman–Crippen MR) is 134 cm³/mol. The van der Waals surface area contributed by atoms with E-state index >= 15 is 0 Å². The second kappa shape index (κ2) is 10.8. The number of hydrogen-bond donors (Lipinski definition) is 1. The maximum Gasteiger partial charge on any atom is 0.262 e. The quantitative estimate of drug-likeness (QED) is 0.224. The van der Waals surface area contributed by atoms with Crippen molar-refractivity contribution < 1.29 is 4.79 Å². The number of para-hydroxylation sites is 1. The first-order valence-corrected chi connectivity index (χ1v) is 11.8. The van der Waals surface area contributed by atoms with Crippen LogP contribution in [0.1, 0.15) is 17.2 Å². The molecule has 1 aromatic heterocycles. The Balaban J connectivity index is 1.52. The standard InChI is InChI=1S/C27H25N3O2S/c1-2-17-30-26(32)22-15-9-10-16-23(22)29-27(30)33-19-25(31)28-24(21-13-7-4-8-14-21)18-20-11-5-3-6-12-20/h2-16,24H,1,17-19H2,(H,28,31)/t24-/m0/s1. The van der Waals surface area contributed by atoms with Crippen molar-refractivity contribution in [3.63, 3.8) is 0 Å². The lowest BCUT2D eigenvalue weighted by Gasteiger charge is -2.20. The van der Waals surface area contributed by atoms with E-state index in [0.29, 0.717) is 29.0 Å². The first kappa shape index (κ1) is 22.6. The lowest BCUT2D eigenvalue weighted by molar-refractivity contribution is -0.119. The van der Waals surface area contributed by atoms with E-state index in [0.717, 1.165) is 11.1 Å². The molecule has 0 fully saturated rings. The molecular weight excluding hydrogens is 430 g/mol. The average Bonchev–Trinajstić information content (AvgIpc) is 2.85. The SMILES string of the molecule is C=CCn1c(SCC(=O)N[C@@H](Cc2ccccc2)c2ccccc2)nc2ccccc2c1=O. The van der Waals surface area contributed by atoms with Gasteiger partial charge in [-0.1, -0.05) is 90.6 Å². The first-order valence-electron chi connectivity index (χ1n) is 10.8. The number of carbonyl (C=O) groups is 1. The van der Waals surface area contributed by atoms with Crippen molar-refractivity contribution in [3.05, 3.63) is 119 Å². The van der Waals surface area contributed by atoms with Crippen LogP contribution in [0.4, 0.5) is 0 Å². The maximum atomic E-state index is 12.9. The third-order valence-corrected chi connectivity index (χ3v) is 6.27. The molecular formula is C27H25N3O2S. The smallest absolute Gasteiger partial charge is 0.262 e. The molecule has 166 valence electrons. The molecule has 33 heavy (non-hydrogen) atoms. The number of nitrogens with zero attached hydrogens (tertiary/aromatic N) is 2. The van der Waals surface area contributed by atoms with Crippen LogP contribution in [0.25, 0.3) is 10.9 Å². The number of thioether (sulfide) groups is 1. The molecule has 0 aliphatic carbocycles. The van der Waals surface area contributed by atoms with Gasteiger partial charge in [-0.2, -0.15) is 0 Å². The van der Waals surface area contributed by atoms with Crippen LogP contribution in [0.3, 0.4) is 0 Å². The summed E-state index contributed by atoms with van der Waals surface area (Å²) < 4.78 is 1.56. The molecule has 4 rings (SSSR count). The molecule has 0 aliphatic heterocycles. The van der Waals surface area contributed by atoms with Crippen molar-refractivity contribution in [1.29, 1.82) is 0 Å². The molecule has 4 aromatic rings. The second-order valence-electron chi connectivity index (χ2n) is 7.63. The summed E-state index contributed by atoms with van der Waals surface area (Å²) in [4.78, 5) is 30.5. The predicted octanol–water partition coefficient (Wildman–Crippen LogP) is 4.77. The summed E-state index contributed by atoms with van der Waals surface area (Å²) in [6.07, 6.45) is 2.35. The minimum Gasteiger partial charge on any atom is -0.348 e. The summed E-state index contributed by atoms with van der Waals surface area (Å²) in [5.41, 5.74) is 2.69. The van der Waals surface area contributed by atoms with Gasteiger partial charge in [0.05, 0.1) is 22.7 Å². The largest absolute Gasteiger partial charge is 0.348 e. The molecule has 5 nitrogen and oxygen atoms in total. The Hall–Kier alpha value is -3.64. The zero-order chi connectivity index (χ0) is 23.0. The van der Waals surface area contributed by atoms with Crippen LogP contribution in [-0.2, 0) is 17.8 Å². The van der Waals surface area contributed by atoms with Crippen molar-refractivity contribution in [2.75, 3.05) is 5.75 Å². The molecule has 6 heteroatoms. The number of amides is 1. The van der Waals surface area contributed by atoms with Crippen molar-refractivity contribution >= 4 is 28.6 Å². The van der Waals surface area contributed by atoms with Crippen LogP contribution >= 0.6 is 11.8 Å². The molecule has 0 spiro atoms. The number of rotatable bonds is 9. The van der Waals surface area contributed by atoms with E-state index in [9.17, 15) is 9.59 Å². The Morgan fingerprint density at radius 2 is 1.67 bits per heavy atom. The fourth-order valence-electron chi connectivity index (χ4n) is 3.70. The summed E-state index contributed by atoms with van der Waals surface area (Å²) in [5.74, 6) is 0.0393. The topological polar surface area (TPSA) is 64.0 Å². The van der Waals surface area contributed by atoms with Crippen LogP contribution in [0, 0.1) is 0 Å². The van der Waals surface area contributed by atoms with Crippen molar-refractivity contribution in [2.45, 2.75) is 24.2 Å². The van der Waals surface area contributed by atoms with Gasteiger partial charge >= 0.3 is 0 Å². The van der Waals surface area contributed by atoms with E-state index in [-0.39, 0.29) is 23.3 Å². The molecule has 1 heterocycles. The third-order valence-electron chi connectivity index (χ3n) is 5.29. The number of hydrogen-bond acceptors (Lipinski definition) is 4. The van der Waals surface area contributed by atoms with E-state index in [1.807, 2.05) is 66.7 Å². The lowest BCUT2D eigenvalue weighted by atomic mass is 9.99. The molecule has 0 unspecified atom stereocenters. The van der Waals surface area contributed by atoms with Crippen molar-refractivity contribution in [1.82, 2.24) is 14.9 Å². The molecule has 1 amide bonds. The van der Waals surface area contributed by atoms with E-state index in [2.05, 4.69) is 29.0 Å². The Kier molecular flexibility index (Phi) is 7.37. The maximum absolute atomic E-state index is 12.9. The fraction of sp³-hybridized carbons (Fsp3) is 0.148. The summed E-state index contributed by atoms with van der Waals surface area (Å²) in [6, 6.07) is 27.1. The molecule has 0 radical (unpaired) electrons. The molecule has 0 bridgehead atoms. The normalized spacial score (nSPS) is 11.8. The summed E-state index contributed by atoms with van der Waals surface area (Å²) >= 11 is 1.26. The van der Waals surface area contributed by atoms with Crippen LogP contribution in [0.2, 0.25) is 0 Å². The van der Waals surface area contributed by atoms with E-state index in [1.54, 1.807) is 16.7 Å². The highest BCUT2D eigenvalue weighted by Crippen LogP contribution is 2.21. The highest BCUT2D eigenvalue weighted by atomic mass is 32.2. The van der Waals surface area contributed by atoms with Crippen LogP contribution in [-0.4, -0.2) is 21.2 Å². The van der Waals surface area contributed by atoms with Gasteiger partial charge in [0, 0.05) is 6.54 Å². The highest BCUT2D eigenvalue weighted by molar-refractivity contribution is 7.99. The number of nitrogens with one attached hydrogen (secondary N) is 1. The molecule has 0 aliphatic rings. The number of benzene rings is 3. The minimum absolute atomic E-state index is 0.114. The molecule has 0 saturated carbocycles. The number of fused-ring (bicyclic) bond motifs is 1. The number of carbonyl (C=O) groups excluding carboxylic acids is 1. The second-order valence-corrected chi connectivity index (χ2v) is 8.57. The number of aromatic nitrogens is 2. The minimum atomic E-state index is -0.151. The Labute approximate surface area is 197 Å². The van der Waals surface area contributed by atoms with E-state index in [4.69, 9.17) is 0 Å². The van der Waals surface area contributed by atoms with Gasteiger partial charge in [-0.25, -0.2) is 4.98 Å². The average molecular weight is 456 g/mol. The third kappa shape index (κ3) is 5.59. The Morgan fingerprint density at radius 3 is 2.39 bits per heavy atom. The molecule has 0 saturated heterocycles. The van der Waals surface area contributed by atoms with Gasteiger partial charge in [-0.15, -0.1) is 6.58 Å². The Morgan fingerprint density at radius 1 is 1.00 bits per heavy atom. The van der Waals surface area contributed by atoms with Gasteiger partial charge < -0.3 is 5.32 Å². The van der Waals surface area contributed by atoms with Gasteiger partial charge in [0.25, 0.3) is 5.56 Å². The summed E-state index contributed by atoms with van der Waals surface area (Å²) in [6.45, 7) is 4.08. The summed E-state index contributed by atoms with van der Waals surface area (Å²) in [5, 5.41) is 4.22. The van der Waals surface area contributed by atoms with Gasteiger partial charge in [0.15, 0.2) is 5.16 Å². The van der Waals surface area contributed by atoms with Gasteiger partial charge in [-0.05, 0) is 29.7 Å². The fourth-order valence-corrected chi connectivity index (χ4v) is 4.52. The van der Waals surface area contributed by atoms with Crippen LogP contribution < -0.4 is 10.9 Å². The van der Waals surface area contributed by atoms with Crippen LogP contribution in [0.15, 0.2) is 108 Å². The zero-order valence-electron chi connectivity index (χ0n) is 18.2. The Bertz CT molecular complexity index is 1300. The monoisotopic (exact) mass is 455 g/mol. The van der Waals surface area contributed by atoms with Gasteiger partial charge in [0.1, 0.15) is 0 Å². The first-order chi connectivity index (χ1) is 16.2. The van der Waals surface area contributed by atoms with Gasteiger partial charge in [0.2, 0.25) is 5.91 Å². The lowest BCUT2D eigenvalue weighted by Crippen LogP contribution is -2.31. The summed E-state index contributed by atoms with van der Waals surface area (Å²) in [7, 11) is 0. The molecule has 3 aromatic carbocycles.